The number of fused-ring (bicyclic) bond motifs is 1. The summed E-state index contributed by atoms with van der Waals surface area (Å²) in [6.07, 6.45) is 1.53. The Morgan fingerprint density at radius 1 is 1.04 bits per heavy atom. The van der Waals surface area contributed by atoms with Gasteiger partial charge in [-0.2, -0.15) is 0 Å². The lowest BCUT2D eigenvalue weighted by Crippen LogP contribution is -2.19. The minimum Gasteiger partial charge on any atom is -0.378 e. The molecule has 2 amide bonds. The molecule has 5 nitrogen and oxygen atoms in total. The van der Waals surface area contributed by atoms with Gasteiger partial charge in [0.2, 0.25) is 0 Å². The van der Waals surface area contributed by atoms with Crippen LogP contribution in [0, 0.1) is 5.82 Å². The van der Waals surface area contributed by atoms with Gasteiger partial charge in [-0.1, -0.05) is 0 Å². The molecule has 0 unspecified atom stereocenters. The molecule has 3 aromatic rings. The normalized spacial score (nSPS) is 10.5. The van der Waals surface area contributed by atoms with Gasteiger partial charge in [0, 0.05) is 43.1 Å². The topological polar surface area (TPSA) is 57.3 Å². The summed E-state index contributed by atoms with van der Waals surface area (Å²) < 4.78 is 13.3. The highest BCUT2D eigenvalue weighted by molar-refractivity contribution is 6.05. The second-order valence-electron chi connectivity index (χ2n) is 5.54. The number of anilines is 3. The quantitative estimate of drug-likeness (QED) is 0.763. The van der Waals surface area contributed by atoms with Gasteiger partial charge >= 0.3 is 6.03 Å². The molecule has 0 saturated carbocycles. The van der Waals surface area contributed by atoms with Crippen molar-refractivity contribution in [2.45, 2.75) is 0 Å². The van der Waals surface area contributed by atoms with Crippen molar-refractivity contribution in [1.82, 2.24) is 4.98 Å². The van der Waals surface area contributed by atoms with Crippen LogP contribution in [0.1, 0.15) is 0 Å². The monoisotopic (exact) mass is 324 g/mol. The number of hydrogen-bond acceptors (Lipinski definition) is 3. The Morgan fingerprint density at radius 3 is 2.50 bits per heavy atom. The van der Waals surface area contributed by atoms with Gasteiger partial charge in [0.25, 0.3) is 0 Å². The van der Waals surface area contributed by atoms with Gasteiger partial charge in [-0.3, -0.25) is 4.98 Å². The maximum Gasteiger partial charge on any atom is 0.323 e. The van der Waals surface area contributed by atoms with Crippen LogP contribution in [0.15, 0.2) is 54.7 Å². The van der Waals surface area contributed by atoms with Crippen molar-refractivity contribution in [3.63, 3.8) is 0 Å². The Labute approximate surface area is 139 Å². The van der Waals surface area contributed by atoms with Crippen LogP contribution in [-0.4, -0.2) is 25.1 Å². The molecular formula is C18H17FN4O. The molecule has 0 saturated heterocycles. The van der Waals surface area contributed by atoms with Crippen LogP contribution in [0.4, 0.5) is 26.2 Å². The Balaban J connectivity index is 1.75. The highest BCUT2D eigenvalue weighted by Crippen LogP contribution is 2.22. The summed E-state index contributed by atoms with van der Waals surface area (Å²) in [4.78, 5) is 18.3. The third-order valence-corrected chi connectivity index (χ3v) is 3.59. The summed E-state index contributed by atoms with van der Waals surface area (Å²) >= 11 is 0. The molecule has 0 aliphatic carbocycles. The number of aromatic nitrogens is 1. The summed E-state index contributed by atoms with van der Waals surface area (Å²) in [6.45, 7) is 0. The molecule has 1 aromatic heterocycles. The van der Waals surface area contributed by atoms with Gasteiger partial charge in [-0.15, -0.1) is 0 Å². The minimum atomic E-state index is -0.371. The first kappa shape index (κ1) is 15.7. The van der Waals surface area contributed by atoms with Gasteiger partial charge in [0.05, 0.1) is 11.2 Å². The summed E-state index contributed by atoms with van der Waals surface area (Å²) in [5, 5.41) is 6.21. The molecule has 2 N–H and O–H groups in total. The average molecular weight is 324 g/mol. The lowest BCUT2D eigenvalue weighted by Gasteiger charge is -2.13. The standard InChI is InChI=1S/C18H17FN4O/c1-23(2)14-6-4-13(5-7-14)21-18(24)22-16-9-10-20-17-11-12(19)3-8-15(16)17/h3-11H,1-2H3,(H2,20,21,22,24). The Morgan fingerprint density at radius 2 is 1.79 bits per heavy atom. The van der Waals surface area contributed by atoms with Crippen molar-refractivity contribution in [2.75, 3.05) is 29.6 Å². The Kier molecular flexibility index (Phi) is 4.29. The summed E-state index contributed by atoms with van der Waals surface area (Å²) in [6, 6.07) is 13.1. The molecule has 122 valence electrons. The molecule has 0 fully saturated rings. The smallest absolute Gasteiger partial charge is 0.323 e. The summed E-state index contributed by atoms with van der Waals surface area (Å²) in [5.41, 5.74) is 2.79. The molecule has 1 heterocycles. The highest BCUT2D eigenvalue weighted by Gasteiger charge is 2.07. The van der Waals surface area contributed by atoms with E-state index in [1.807, 2.05) is 43.3 Å². The van der Waals surface area contributed by atoms with Crippen LogP contribution in [-0.2, 0) is 0 Å². The van der Waals surface area contributed by atoms with E-state index in [1.54, 1.807) is 12.1 Å². The zero-order valence-electron chi connectivity index (χ0n) is 13.4. The lowest BCUT2D eigenvalue weighted by molar-refractivity contribution is 0.262. The summed E-state index contributed by atoms with van der Waals surface area (Å²) in [5.74, 6) is -0.363. The average Bonchev–Trinajstić information content (AvgIpc) is 2.55. The van der Waals surface area contributed by atoms with Crippen LogP contribution < -0.4 is 15.5 Å². The second-order valence-corrected chi connectivity index (χ2v) is 5.54. The fourth-order valence-corrected chi connectivity index (χ4v) is 2.36. The van der Waals surface area contributed by atoms with E-state index in [-0.39, 0.29) is 11.8 Å². The van der Waals surface area contributed by atoms with Crippen LogP contribution >= 0.6 is 0 Å². The summed E-state index contributed by atoms with van der Waals surface area (Å²) in [7, 11) is 3.90. The molecule has 3 rings (SSSR count). The number of carbonyl (C=O) groups excluding carboxylic acids is 1. The molecule has 6 heteroatoms. The molecule has 0 aliphatic rings. The maximum absolute atomic E-state index is 13.3. The molecule has 24 heavy (non-hydrogen) atoms. The van der Waals surface area contributed by atoms with Crippen molar-refractivity contribution in [3.05, 3.63) is 60.5 Å². The van der Waals surface area contributed by atoms with Crippen molar-refractivity contribution in [2.24, 2.45) is 0 Å². The van der Waals surface area contributed by atoms with Crippen molar-refractivity contribution in [3.8, 4) is 0 Å². The molecular weight excluding hydrogens is 307 g/mol. The third-order valence-electron chi connectivity index (χ3n) is 3.59. The number of hydrogen-bond donors (Lipinski definition) is 2. The first-order valence-corrected chi connectivity index (χ1v) is 7.42. The predicted octanol–water partition coefficient (Wildman–Crippen LogP) is 4.08. The maximum atomic E-state index is 13.3. The zero-order chi connectivity index (χ0) is 17.1. The highest BCUT2D eigenvalue weighted by atomic mass is 19.1. The van der Waals surface area contributed by atoms with Gasteiger partial charge in [-0.05, 0) is 42.5 Å². The van der Waals surface area contributed by atoms with Gasteiger partial charge in [0.15, 0.2) is 0 Å². The molecule has 0 spiro atoms. The number of nitrogens with zero attached hydrogens (tertiary/aromatic N) is 2. The van der Waals surface area contributed by atoms with Crippen LogP contribution in [0.2, 0.25) is 0 Å². The number of amides is 2. The van der Waals surface area contributed by atoms with E-state index >= 15 is 0 Å². The molecule has 0 aliphatic heterocycles. The number of carbonyl (C=O) groups is 1. The Bertz CT molecular complexity index is 878. The van der Waals surface area contributed by atoms with Crippen LogP contribution in [0.25, 0.3) is 10.9 Å². The second kappa shape index (κ2) is 6.54. The molecule has 0 atom stereocenters. The van der Waals surface area contributed by atoms with E-state index in [0.29, 0.717) is 22.3 Å². The van der Waals surface area contributed by atoms with Crippen molar-refractivity contribution >= 4 is 34.0 Å². The third kappa shape index (κ3) is 3.43. The van der Waals surface area contributed by atoms with Gasteiger partial charge < -0.3 is 15.5 Å². The molecule has 0 radical (unpaired) electrons. The first-order valence-electron chi connectivity index (χ1n) is 7.42. The van der Waals surface area contributed by atoms with E-state index in [9.17, 15) is 9.18 Å². The predicted molar refractivity (Wildman–Crippen MR) is 95.1 cm³/mol. The van der Waals surface area contributed by atoms with Gasteiger partial charge in [0.1, 0.15) is 5.82 Å². The number of urea groups is 1. The van der Waals surface area contributed by atoms with Gasteiger partial charge in [-0.25, -0.2) is 9.18 Å². The number of pyridine rings is 1. The van der Waals surface area contributed by atoms with Crippen molar-refractivity contribution in [1.29, 1.82) is 0 Å². The van der Waals surface area contributed by atoms with E-state index in [2.05, 4.69) is 15.6 Å². The largest absolute Gasteiger partial charge is 0.378 e. The van der Waals surface area contributed by atoms with E-state index in [4.69, 9.17) is 0 Å². The zero-order valence-corrected chi connectivity index (χ0v) is 13.4. The van der Waals surface area contributed by atoms with E-state index < -0.39 is 0 Å². The number of halogens is 1. The molecule has 0 bridgehead atoms. The van der Waals surface area contributed by atoms with E-state index in [1.165, 1.54) is 18.3 Å². The molecule has 2 aromatic carbocycles. The lowest BCUT2D eigenvalue weighted by atomic mass is 10.2. The number of nitrogens with one attached hydrogen (secondary N) is 2. The van der Waals surface area contributed by atoms with Crippen molar-refractivity contribution < 1.29 is 9.18 Å². The SMILES string of the molecule is CN(C)c1ccc(NC(=O)Nc2ccnc3cc(F)ccc23)cc1. The fourth-order valence-electron chi connectivity index (χ4n) is 2.36. The number of rotatable bonds is 3. The first-order chi connectivity index (χ1) is 11.5. The Hall–Kier alpha value is -3.15. The van der Waals surface area contributed by atoms with E-state index in [0.717, 1.165) is 5.69 Å². The minimum absolute atomic E-state index is 0.363. The van der Waals surface area contributed by atoms with Crippen LogP contribution in [0.5, 0.6) is 0 Å². The number of benzene rings is 2. The van der Waals surface area contributed by atoms with Crippen LogP contribution in [0.3, 0.4) is 0 Å². The fraction of sp³-hybridized carbons (Fsp3) is 0.111.